The monoisotopic (exact) mass is 428 g/mol. The van der Waals surface area contributed by atoms with Crippen LogP contribution in [0.3, 0.4) is 0 Å². The molecule has 0 radical (unpaired) electrons. The van der Waals surface area contributed by atoms with E-state index in [4.69, 9.17) is 4.42 Å². The number of carbonyl (C=O) groups is 1. The van der Waals surface area contributed by atoms with E-state index in [0.29, 0.717) is 10.8 Å². The summed E-state index contributed by atoms with van der Waals surface area (Å²) in [5.74, 6) is -0.0418. The number of nitrogens with one attached hydrogen (secondary N) is 1. The Morgan fingerprint density at radius 2 is 1.90 bits per heavy atom. The summed E-state index contributed by atoms with van der Waals surface area (Å²) in [6.45, 7) is 3.06. The number of rotatable bonds is 6. The summed E-state index contributed by atoms with van der Waals surface area (Å²) in [7, 11) is 0. The molecule has 0 aliphatic rings. The van der Waals surface area contributed by atoms with Crippen molar-refractivity contribution in [3.05, 3.63) is 72.3 Å². The fraction of sp³-hybridized carbons (Fsp3) is 0.125. The van der Waals surface area contributed by atoms with Gasteiger partial charge in [-0.15, -0.1) is 0 Å². The second-order valence-electron chi connectivity index (χ2n) is 7.07. The van der Waals surface area contributed by atoms with E-state index in [-0.39, 0.29) is 11.7 Å². The van der Waals surface area contributed by atoms with Gasteiger partial charge < -0.3 is 8.98 Å². The summed E-state index contributed by atoms with van der Waals surface area (Å²) in [6.07, 6.45) is 1.67. The van der Waals surface area contributed by atoms with Gasteiger partial charge in [-0.05, 0) is 42.8 Å². The molecule has 2 heterocycles. The molecule has 5 rings (SSSR count). The first-order valence-corrected chi connectivity index (χ1v) is 11.0. The van der Waals surface area contributed by atoms with Gasteiger partial charge in [-0.25, -0.2) is 10.4 Å². The van der Waals surface area contributed by atoms with Crippen molar-refractivity contribution in [1.29, 1.82) is 0 Å². The number of aryl methyl sites for hydroxylation is 1. The van der Waals surface area contributed by atoms with Gasteiger partial charge in [-0.1, -0.05) is 48.2 Å². The molecule has 6 nitrogen and oxygen atoms in total. The molecule has 1 N–H and O–H groups in total. The number of carbonyl (C=O) groups excluding carboxylic acids is 1. The van der Waals surface area contributed by atoms with Crippen LogP contribution in [0, 0.1) is 0 Å². The summed E-state index contributed by atoms with van der Waals surface area (Å²) in [5, 5.41) is 6.98. The van der Waals surface area contributed by atoms with Gasteiger partial charge in [-0.2, -0.15) is 5.10 Å². The maximum atomic E-state index is 12.1. The van der Waals surface area contributed by atoms with E-state index in [9.17, 15) is 4.79 Å². The molecule has 154 valence electrons. The molecule has 7 heteroatoms. The molecule has 31 heavy (non-hydrogen) atoms. The number of hydrogen-bond acceptors (Lipinski definition) is 5. The summed E-state index contributed by atoms with van der Waals surface area (Å²) in [4.78, 5) is 16.5. The highest BCUT2D eigenvalue weighted by atomic mass is 32.2. The van der Waals surface area contributed by atoms with E-state index >= 15 is 0 Å². The Hall–Kier alpha value is -3.58. The molecular formula is C24H20N4O2S. The first kappa shape index (κ1) is 19.4. The highest BCUT2D eigenvalue weighted by Gasteiger charge is 2.10. The van der Waals surface area contributed by atoms with Gasteiger partial charge in [0.15, 0.2) is 5.58 Å². The number of thioether (sulfide) groups is 1. The van der Waals surface area contributed by atoms with Gasteiger partial charge in [0.25, 0.3) is 11.1 Å². The first-order chi connectivity index (χ1) is 15.2. The second kappa shape index (κ2) is 8.28. The minimum absolute atomic E-state index is 0.174. The van der Waals surface area contributed by atoms with E-state index in [0.717, 1.165) is 17.6 Å². The normalized spacial score (nSPS) is 11.8. The molecule has 0 bridgehead atoms. The average molecular weight is 429 g/mol. The van der Waals surface area contributed by atoms with Crippen LogP contribution in [0.15, 0.2) is 81.5 Å². The lowest BCUT2D eigenvalue weighted by Crippen LogP contribution is -2.19. The van der Waals surface area contributed by atoms with E-state index in [1.807, 2.05) is 30.3 Å². The van der Waals surface area contributed by atoms with Crippen LogP contribution in [0.2, 0.25) is 0 Å². The second-order valence-corrected chi connectivity index (χ2v) is 7.99. The summed E-state index contributed by atoms with van der Waals surface area (Å²) in [5.41, 5.74) is 7.41. The number of oxazole rings is 1. The van der Waals surface area contributed by atoms with E-state index in [2.05, 4.69) is 63.4 Å². The smallest absolute Gasteiger partial charge is 0.257 e. The van der Waals surface area contributed by atoms with Gasteiger partial charge >= 0.3 is 0 Å². The SMILES string of the molecule is CCn1c2ccccc2c2cc(/C=N/NC(=O)CSc3nc4ccccc4o3)ccc21. The van der Waals surface area contributed by atoms with Crippen LogP contribution in [0.4, 0.5) is 0 Å². The molecule has 0 fully saturated rings. The van der Waals surface area contributed by atoms with Crippen LogP contribution in [0.5, 0.6) is 0 Å². The largest absolute Gasteiger partial charge is 0.431 e. The van der Waals surface area contributed by atoms with Crippen LogP contribution in [-0.2, 0) is 11.3 Å². The van der Waals surface area contributed by atoms with Gasteiger partial charge in [-0.3, -0.25) is 4.79 Å². The zero-order chi connectivity index (χ0) is 21.2. The van der Waals surface area contributed by atoms with E-state index in [1.54, 1.807) is 6.21 Å². The molecular weight excluding hydrogens is 408 g/mol. The first-order valence-electron chi connectivity index (χ1n) is 10.0. The Balaban J connectivity index is 1.26. The number of hydrogen-bond donors (Lipinski definition) is 1. The van der Waals surface area contributed by atoms with Crippen molar-refractivity contribution in [1.82, 2.24) is 15.0 Å². The third kappa shape index (κ3) is 3.80. The van der Waals surface area contributed by atoms with Crippen LogP contribution in [-0.4, -0.2) is 27.4 Å². The van der Waals surface area contributed by atoms with E-state index < -0.39 is 0 Å². The van der Waals surface area contributed by atoms with Gasteiger partial charge in [0, 0.05) is 28.4 Å². The highest BCUT2D eigenvalue weighted by molar-refractivity contribution is 7.99. The van der Waals surface area contributed by atoms with Crippen molar-refractivity contribution in [2.45, 2.75) is 18.7 Å². The lowest BCUT2D eigenvalue weighted by atomic mass is 10.1. The van der Waals surface area contributed by atoms with Crippen LogP contribution in [0.25, 0.3) is 32.9 Å². The summed E-state index contributed by atoms with van der Waals surface area (Å²) in [6, 6.07) is 22.1. The average Bonchev–Trinajstić information content (AvgIpc) is 3.36. The third-order valence-corrected chi connectivity index (χ3v) is 5.94. The lowest BCUT2D eigenvalue weighted by molar-refractivity contribution is -0.118. The molecule has 0 spiro atoms. The fourth-order valence-corrected chi connectivity index (χ4v) is 4.37. The zero-order valence-electron chi connectivity index (χ0n) is 16.9. The highest BCUT2D eigenvalue weighted by Crippen LogP contribution is 2.29. The Bertz CT molecular complexity index is 1400. The number of amides is 1. The standard InChI is InChI=1S/C24H20N4O2S/c1-2-28-20-9-5-3-7-17(20)18-13-16(11-12-21(18)28)14-25-27-23(29)15-31-24-26-19-8-4-6-10-22(19)30-24/h3-14H,2,15H2,1H3,(H,27,29)/b25-14+. The third-order valence-electron chi connectivity index (χ3n) is 5.12. The molecule has 0 saturated heterocycles. The van der Waals surface area contributed by atoms with Gasteiger partial charge in [0.2, 0.25) is 0 Å². The molecule has 0 saturated carbocycles. The molecule has 0 atom stereocenters. The number of nitrogens with zero attached hydrogens (tertiary/aromatic N) is 3. The van der Waals surface area contributed by atoms with E-state index in [1.165, 1.54) is 33.6 Å². The van der Waals surface area contributed by atoms with Crippen molar-refractivity contribution in [3.8, 4) is 0 Å². The predicted molar refractivity (Wildman–Crippen MR) is 126 cm³/mol. The predicted octanol–water partition coefficient (Wildman–Crippen LogP) is 5.20. The number of aromatic nitrogens is 2. The quantitative estimate of drug-likeness (QED) is 0.229. The molecule has 0 unspecified atom stereocenters. The Morgan fingerprint density at radius 3 is 2.77 bits per heavy atom. The van der Waals surface area contributed by atoms with Crippen LogP contribution < -0.4 is 5.43 Å². The maximum Gasteiger partial charge on any atom is 0.257 e. The number of benzene rings is 3. The van der Waals surface area contributed by atoms with Crippen molar-refractivity contribution in [2.24, 2.45) is 5.10 Å². The number of hydrazone groups is 1. The van der Waals surface area contributed by atoms with Crippen LogP contribution >= 0.6 is 11.8 Å². The summed E-state index contributed by atoms with van der Waals surface area (Å²) >= 11 is 1.24. The molecule has 3 aromatic carbocycles. The lowest BCUT2D eigenvalue weighted by Gasteiger charge is -2.02. The molecule has 1 amide bonds. The maximum absolute atomic E-state index is 12.1. The summed E-state index contributed by atoms with van der Waals surface area (Å²) < 4.78 is 7.91. The zero-order valence-corrected chi connectivity index (χ0v) is 17.7. The number of fused-ring (bicyclic) bond motifs is 4. The number of para-hydroxylation sites is 3. The Kier molecular flexibility index (Phi) is 5.18. The Labute approximate surface area is 182 Å². The molecule has 2 aromatic heterocycles. The Morgan fingerprint density at radius 1 is 1.10 bits per heavy atom. The van der Waals surface area contributed by atoms with Crippen molar-refractivity contribution in [2.75, 3.05) is 5.75 Å². The van der Waals surface area contributed by atoms with Crippen molar-refractivity contribution >= 4 is 56.8 Å². The van der Waals surface area contributed by atoms with Gasteiger partial charge in [0.05, 0.1) is 12.0 Å². The molecule has 5 aromatic rings. The minimum Gasteiger partial charge on any atom is -0.431 e. The van der Waals surface area contributed by atoms with Crippen molar-refractivity contribution < 1.29 is 9.21 Å². The minimum atomic E-state index is -0.216. The van der Waals surface area contributed by atoms with Gasteiger partial charge in [0.1, 0.15) is 5.52 Å². The topological polar surface area (TPSA) is 72.4 Å². The fourth-order valence-electron chi connectivity index (χ4n) is 3.74. The molecule has 0 aliphatic heterocycles. The van der Waals surface area contributed by atoms with Crippen molar-refractivity contribution in [3.63, 3.8) is 0 Å². The van der Waals surface area contributed by atoms with Crippen LogP contribution in [0.1, 0.15) is 12.5 Å². The molecule has 0 aliphatic carbocycles.